The van der Waals surface area contributed by atoms with Crippen molar-refractivity contribution in [3.8, 4) is 17.1 Å². The van der Waals surface area contributed by atoms with Gasteiger partial charge in [0.1, 0.15) is 17.8 Å². The Kier molecular flexibility index (Phi) is 7.56. The number of hydrogen-bond acceptors (Lipinski definition) is 6. The minimum Gasteiger partial charge on any atom is -0.493 e. The molecule has 0 spiro atoms. The number of nitrogens with one attached hydrogen (secondary N) is 1. The highest BCUT2D eigenvalue weighted by atomic mass is 32.2. The zero-order valence-corrected chi connectivity index (χ0v) is 18.3. The van der Waals surface area contributed by atoms with Crippen LogP contribution in [0.3, 0.4) is 0 Å². The third kappa shape index (κ3) is 4.85. The van der Waals surface area contributed by atoms with Crippen LogP contribution in [-0.4, -0.2) is 47.7 Å². The first kappa shape index (κ1) is 23.1. The van der Waals surface area contributed by atoms with Crippen LogP contribution in [0.5, 0.6) is 5.75 Å². The number of aryl methyl sites for hydroxylation is 1. The molecule has 0 radical (unpaired) electrons. The normalized spacial score (nSPS) is 12.9. The lowest BCUT2D eigenvalue weighted by molar-refractivity contribution is 0.0965. The summed E-state index contributed by atoms with van der Waals surface area (Å²) in [6.45, 7) is 7.57. The molecule has 160 valence electrons. The maximum absolute atomic E-state index is 12.8. The molecule has 29 heavy (non-hydrogen) atoms. The van der Waals surface area contributed by atoms with Crippen LogP contribution >= 0.6 is 0 Å². The lowest BCUT2D eigenvalue weighted by Gasteiger charge is -2.21. The second-order valence-corrected chi connectivity index (χ2v) is 8.70. The van der Waals surface area contributed by atoms with Gasteiger partial charge in [0.05, 0.1) is 22.8 Å². The maximum Gasteiger partial charge on any atom is 0.254 e. The molecular weight excluding hydrogens is 394 g/mol. The van der Waals surface area contributed by atoms with Crippen LogP contribution in [0.4, 0.5) is 0 Å². The van der Waals surface area contributed by atoms with E-state index in [-0.39, 0.29) is 16.3 Å². The minimum absolute atomic E-state index is 0.0278. The van der Waals surface area contributed by atoms with E-state index in [0.29, 0.717) is 42.0 Å². The minimum atomic E-state index is -3.94. The van der Waals surface area contributed by atoms with Gasteiger partial charge in [-0.3, -0.25) is 4.79 Å². The first-order chi connectivity index (χ1) is 13.7. The number of rotatable bonds is 9. The molecule has 9 heteroatoms. The molecule has 1 unspecified atom stereocenters. The summed E-state index contributed by atoms with van der Waals surface area (Å²) in [7, 11) is -2.64. The third-order valence-corrected chi connectivity index (χ3v) is 6.57. The van der Waals surface area contributed by atoms with Crippen LogP contribution < -0.4 is 10.3 Å². The van der Waals surface area contributed by atoms with Crippen molar-refractivity contribution in [2.24, 2.45) is 0 Å². The average molecular weight is 424 g/mol. The summed E-state index contributed by atoms with van der Waals surface area (Å²) < 4.78 is 32.2. The van der Waals surface area contributed by atoms with Crippen molar-refractivity contribution in [2.75, 3.05) is 13.7 Å². The van der Waals surface area contributed by atoms with Crippen molar-refractivity contribution >= 4 is 10.0 Å². The van der Waals surface area contributed by atoms with E-state index in [1.165, 1.54) is 26.1 Å². The van der Waals surface area contributed by atoms with Crippen molar-refractivity contribution in [1.29, 1.82) is 0 Å². The Morgan fingerprint density at radius 3 is 2.48 bits per heavy atom. The van der Waals surface area contributed by atoms with Gasteiger partial charge in [0.25, 0.3) is 5.56 Å². The molecule has 0 saturated carbocycles. The Morgan fingerprint density at radius 1 is 1.24 bits per heavy atom. The van der Waals surface area contributed by atoms with E-state index in [9.17, 15) is 18.3 Å². The SMILES string of the molecule is CCCOc1ccc(S(=O)(=O)N(C)C(C)O)cc1-c1nc(CC)c(CC)c(=O)[nH]1. The van der Waals surface area contributed by atoms with Gasteiger partial charge in [-0.2, -0.15) is 4.31 Å². The van der Waals surface area contributed by atoms with E-state index in [1.54, 1.807) is 6.07 Å². The topological polar surface area (TPSA) is 113 Å². The van der Waals surface area contributed by atoms with E-state index >= 15 is 0 Å². The zero-order chi connectivity index (χ0) is 21.8. The van der Waals surface area contributed by atoms with E-state index in [1.807, 2.05) is 20.8 Å². The van der Waals surface area contributed by atoms with Crippen molar-refractivity contribution in [1.82, 2.24) is 14.3 Å². The van der Waals surface area contributed by atoms with Gasteiger partial charge in [-0.15, -0.1) is 0 Å². The number of sulfonamides is 1. The molecule has 0 aliphatic rings. The van der Waals surface area contributed by atoms with Gasteiger partial charge in [-0.05, 0) is 44.4 Å². The molecule has 1 atom stereocenters. The van der Waals surface area contributed by atoms with E-state index in [4.69, 9.17) is 4.74 Å². The van der Waals surface area contributed by atoms with Crippen molar-refractivity contribution < 1.29 is 18.3 Å². The van der Waals surface area contributed by atoms with Gasteiger partial charge in [-0.25, -0.2) is 13.4 Å². The number of ether oxygens (including phenoxy) is 1. The highest BCUT2D eigenvalue weighted by Gasteiger charge is 2.26. The molecule has 0 amide bonds. The van der Waals surface area contributed by atoms with E-state index in [2.05, 4.69) is 9.97 Å². The number of nitrogens with zero attached hydrogens (tertiary/aromatic N) is 2. The Balaban J connectivity index is 2.71. The fraction of sp³-hybridized carbons (Fsp3) is 0.500. The van der Waals surface area contributed by atoms with Crippen molar-refractivity contribution in [3.63, 3.8) is 0 Å². The molecule has 1 aromatic heterocycles. The Bertz CT molecular complexity index is 1020. The maximum atomic E-state index is 12.8. The number of aliphatic hydroxyl groups is 1. The first-order valence-corrected chi connectivity index (χ1v) is 11.2. The van der Waals surface area contributed by atoms with Crippen LogP contribution in [0, 0.1) is 0 Å². The van der Waals surface area contributed by atoms with Gasteiger partial charge >= 0.3 is 0 Å². The van der Waals surface area contributed by atoms with Gasteiger partial charge < -0.3 is 14.8 Å². The number of aliphatic hydroxyl groups excluding tert-OH is 1. The summed E-state index contributed by atoms with van der Waals surface area (Å²) in [4.78, 5) is 19.8. The fourth-order valence-corrected chi connectivity index (χ4v) is 4.13. The highest BCUT2D eigenvalue weighted by Crippen LogP contribution is 2.31. The summed E-state index contributed by atoms with van der Waals surface area (Å²) in [6.07, 6.45) is 0.711. The fourth-order valence-electron chi connectivity index (χ4n) is 2.89. The Morgan fingerprint density at radius 2 is 1.93 bits per heavy atom. The molecule has 1 aromatic carbocycles. The summed E-state index contributed by atoms with van der Waals surface area (Å²) in [5.74, 6) is 0.687. The van der Waals surface area contributed by atoms with Crippen molar-refractivity contribution in [3.05, 3.63) is 39.8 Å². The van der Waals surface area contributed by atoms with Crippen LogP contribution in [0.25, 0.3) is 11.4 Å². The highest BCUT2D eigenvalue weighted by molar-refractivity contribution is 7.89. The number of aromatic nitrogens is 2. The zero-order valence-electron chi connectivity index (χ0n) is 17.5. The predicted octanol–water partition coefficient (Wildman–Crippen LogP) is 2.31. The molecule has 2 rings (SSSR count). The first-order valence-electron chi connectivity index (χ1n) is 9.72. The monoisotopic (exact) mass is 423 g/mol. The molecule has 2 N–H and O–H groups in total. The molecule has 1 heterocycles. The summed E-state index contributed by atoms with van der Waals surface area (Å²) in [5.41, 5.74) is 1.42. The lowest BCUT2D eigenvalue weighted by atomic mass is 10.1. The lowest BCUT2D eigenvalue weighted by Crippen LogP contribution is -2.34. The van der Waals surface area contributed by atoms with Crippen LogP contribution in [-0.2, 0) is 22.9 Å². The molecule has 8 nitrogen and oxygen atoms in total. The average Bonchev–Trinajstić information content (AvgIpc) is 2.70. The molecule has 0 saturated heterocycles. The standard InChI is InChI=1S/C20H29N3O5S/c1-6-11-28-18-10-9-14(29(26,27)23(5)13(4)24)12-16(18)19-21-17(8-3)15(7-2)20(25)22-19/h9-10,12-13,24H,6-8,11H2,1-5H3,(H,21,22,25). The van der Waals surface area contributed by atoms with E-state index in [0.717, 1.165) is 10.7 Å². The quantitative estimate of drug-likeness (QED) is 0.599. The number of H-pyrrole nitrogens is 1. The summed E-state index contributed by atoms with van der Waals surface area (Å²) >= 11 is 0. The van der Waals surface area contributed by atoms with Crippen molar-refractivity contribution in [2.45, 2.75) is 58.1 Å². The number of hydrogen-bond donors (Lipinski definition) is 2. The van der Waals surface area contributed by atoms with E-state index < -0.39 is 16.3 Å². The predicted molar refractivity (Wildman–Crippen MR) is 111 cm³/mol. The molecule has 0 aliphatic heterocycles. The molecule has 0 aliphatic carbocycles. The van der Waals surface area contributed by atoms with Crippen LogP contribution in [0.1, 0.15) is 45.4 Å². The molecule has 0 bridgehead atoms. The molecule has 2 aromatic rings. The Hall–Kier alpha value is -2.23. The number of benzene rings is 1. The molecule has 0 fully saturated rings. The third-order valence-electron chi connectivity index (χ3n) is 4.66. The number of aromatic amines is 1. The van der Waals surface area contributed by atoms with Gasteiger partial charge in [0.2, 0.25) is 10.0 Å². The Labute approximate surface area is 171 Å². The molecular formula is C20H29N3O5S. The van der Waals surface area contributed by atoms with Crippen LogP contribution in [0.15, 0.2) is 27.9 Å². The largest absolute Gasteiger partial charge is 0.493 e. The summed E-state index contributed by atoms with van der Waals surface area (Å²) in [5, 5.41) is 9.70. The van der Waals surface area contributed by atoms with Gasteiger partial charge in [0, 0.05) is 12.6 Å². The van der Waals surface area contributed by atoms with Gasteiger partial charge in [-0.1, -0.05) is 20.8 Å². The second-order valence-electron chi connectivity index (χ2n) is 6.71. The smallest absolute Gasteiger partial charge is 0.254 e. The summed E-state index contributed by atoms with van der Waals surface area (Å²) in [6, 6.07) is 4.39. The second kappa shape index (κ2) is 9.51. The van der Waals surface area contributed by atoms with Gasteiger partial charge in [0.15, 0.2) is 0 Å². The van der Waals surface area contributed by atoms with Crippen LogP contribution in [0.2, 0.25) is 0 Å².